The summed E-state index contributed by atoms with van der Waals surface area (Å²) in [5.41, 5.74) is 0.843. The van der Waals surface area contributed by atoms with Crippen molar-refractivity contribution in [2.45, 2.75) is 25.5 Å². The van der Waals surface area contributed by atoms with Crippen LogP contribution in [0.4, 0.5) is 0 Å². The molecule has 1 atom stereocenters. The standard InChI is InChI=1S/C14H19NO4S/c1-14(7-8-20(17,18)10-14)15-13(16)12-5-3-11(4-6-12)9-19-2/h3-6H,7-10H2,1-2H3,(H,15,16). The summed E-state index contributed by atoms with van der Waals surface area (Å²) in [5.74, 6) is -0.0992. The predicted molar refractivity (Wildman–Crippen MR) is 76.3 cm³/mol. The Labute approximate surface area is 119 Å². The van der Waals surface area contributed by atoms with Gasteiger partial charge in [-0.3, -0.25) is 4.79 Å². The van der Waals surface area contributed by atoms with E-state index in [1.54, 1.807) is 26.2 Å². The molecule has 0 radical (unpaired) electrons. The van der Waals surface area contributed by atoms with Crippen LogP contribution in [0, 0.1) is 0 Å². The molecule has 1 unspecified atom stereocenters. The average molecular weight is 297 g/mol. The lowest BCUT2D eigenvalue weighted by Crippen LogP contribution is -2.46. The largest absolute Gasteiger partial charge is 0.380 e. The molecule has 1 saturated heterocycles. The molecule has 1 heterocycles. The van der Waals surface area contributed by atoms with Crippen molar-refractivity contribution in [2.75, 3.05) is 18.6 Å². The van der Waals surface area contributed by atoms with E-state index in [2.05, 4.69) is 5.32 Å². The van der Waals surface area contributed by atoms with Gasteiger partial charge in [-0.25, -0.2) is 8.42 Å². The second kappa shape index (κ2) is 5.54. The number of amides is 1. The highest BCUT2D eigenvalue weighted by atomic mass is 32.2. The Hall–Kier alpha value is -1.40. The highest BCUT2D eigenvalue weighted by molar-refractivity contribution is 7.91. The first-order valence-electron chi connectivity index (χ1n) is 6.44. The lowest BCUT2D eigenvalue weighted by molar-refractivity contribution is 0.0915. The molecule has 6 heteroatoms. The van der Waals surface area contributed by atoms with Gasteiger partial charge in [-0.05, 0) is 31.0 Å². The van der Waals surface area contributed by atoms with Gasteiger partial charge >= 0.3 is 0 Å². The fraction of sp³-hybridized carbons (Fsp3) is 0.500. The van der Waals surface area contributed by atoms with Gasteiger partial charge in [-0.1, -0.05) is 12.1 Å². The van der Waals surface area contributed by atoms with E-state index >= 15 is 0 Å². The van der Waals surface area contributed by atoms with E-state index in [-0.39, 0.29) is 17.4 Å². The molecular formula is C14H19NO4S. The topological polar surface area (TPSA) is 72.5 Å². The van der Waals surface area contributed by atoms with Gasteiger partial charge in [-0.15, -0.1) is 0 Å². The zero-order chi connectivity index (χ0) is 14.8. The lowest BCUT2D eigenvalue weighted by Gasteiger charge is -2.23. The van der Waals surface area contributed by atoms with E-state index in [4.69, 9.17) is 4.74 Å². The van der Waals surface area contributed by atoms with Crippen LogP contribution in [0.5, 0.6) is 0 Å². The lowest BCUT2D eigenvalue weighted by atomic mass is 10.0. The van der Waals surface area contributed by atoms with Gasteiger partial charge in [0.25, 0.3) is 5.91 Å². The van der Waals surface area contributed by atoms with Gasteiger partial charge in [0.1, 0.15) is 0 Å². The van der Waals surface area contributed by atoms with Crippen LogP contribution >= 0.6 is 0 Å². The molecule has 0 aliphatic carbocycles. The summed E-state index contributed by atoms with van der Waals surface area (Å²) in [6.45, 7) is 2.27. The molecule has 0 aromatic heterocycles. The van der Waals surface area contributed by atoms with Gasteiger partial charge in [-0.2, -0.15) is 0 Å². The first-order chi connectivity index (χ1) is 9.34. The van der Waals surface area contributed by atoms with E-state index < -0.39 is 15.4 Å². The van der Waals surface area contributed by atoms with Crippen molar-refractivity contribution in [3.63, 3.8) is 0 Å². The van der Waals surface area contributed by atoms with Gasteiger partial charge in [0, 0.05) is 12.7 Å². The van der Waals surface area contributed by atoms with E-state index in [1.165, 1.54) is 0 Å². The van der Waals surface area contributed by atoms with Crippen LogP contribution in [-0.4, -0.2) is 38.5 Å². The summed E-state index contributed by atoms with van der Waals surface area (Å²) in [6, 6.07) is 7.09. The smallest absolute Gasteiger partial charge is 0.251 e. The third-order valence-electron chi connectivity index (χ3n) is 3.45. The van der Waals surface area contributed by atoms with Crippen molar-refractivity contribution in [1.82, 2.24) is 5.32 Å². The van der Waals surface area contributed by atoms with Crippen molar-refractivity contribution in [3.8, 4) is 0 Å². The van der Waals surface area contributed by atoms with Crippen molar-refractivity contribution < 1.29 is 17.9 Å². The average Bonchev–Trinajstić information content (AvgIpc) is 2.64. The van der Waals surface area contributed by atoms with Crippen LogP contribution in [-0.2, 0) is 21.2 Å². The summed E-state index contributed by atoms with van der Waals surface area (Å²) < 4.78 is 28.0. The van der Waals surface area contributed by atoms with Crippen LogP contribution in [0.15, 0.2) is 24.3 Å². The number of methoxy groups -OCH3 is 1. The quantitative estimate of drug-likeness (QED) is 0.904. The second-order valence-corrected chi connectivity index (χ2v) is 7.67. The first-order valence-corrected chi connectivity index (χ1v) is 8.27. The van der Waals surface area contributed by atoms with E-state index in [1.807, 2.05) is 12.1 Å². The van der Waals surface area contributed by atoms with Crippen molar-refractivity contribution >= 4 is 15.7 Å². The number of carbonyl (C=O) groups is 1. The maximum absolute atomic E-state index is 12.1. The Morgan fingerprint density at radius 1 is 1.35 bits per heavy atom. The number of rotatable bonds is 4. The molecule has 0 spiro atoms. The molecule has 0 bridgehead atoms. The fourth-order valence-corrected chi connectivity index (χ4v) is 4.47. The number of sulfone groups is 1. The van der Waals surface area contributed by atoms with Crippen LogP contribution < -0.4 is 5.32 Å². The maximum atomic E-state index is 12.1. The van der Waals surface area contributed by atoms with Gasteiger partial charge in [0.15, 0.2) is 9.84 Å². The monoisotopic (exact) mass is 297 g/mol. The molecule has 1 amide bonds. The van der Waals surface area contributed by atoms with Crippen LogP contribution in [0.1, 0.15) is 29.3 Å². The SMILES string of the molecule is COCc1ccc(C(=O)NC2(C)CCS(=O)(=O)C2)cc1. The zero-order valence-electron chi connectivity index (χ0n) is 11.7. The molecule has 1 fully saturated rings. The number of nitrogens with one attached hydrogen (secondary N) is 1. The molecule has 5 nitrogen and oxygen atoms in total. The molecule has 110 valence electrons. The summed E-state index contributed by atoms with van der Waals surface area (Å²) in [4.78, 5) is 12.1. The molecule has 1 aliphatic rings. The minimum absolute atomic E-state index is 0.00744. The van der Waals surface area contributed by atoms with Crippen molar-refractivity contribution in [3.05, 3.63) is 35.4 Å². The first kappa shape index (κ1) is 15.0. The van der Waals surface area contributed by atoms with E-state index in [0.29, 0.717) is 18.6 Å². The molecule has 20 heavy (non-hydrogen) atoms. The highest BCUT2D eigenvalue weighted by Crippen LogP contribution is 2.23. The predicted octanol–water partition coefficient (Wildman–Crippen LogP) is 1.14. The fourth-order valence-electron chi connectivity index (χ4n) is 2.37. The number of hydrogen-bond acceptors (Lipinski definition) is 4. The van der Waals surface area contributed by atoms with Crippen LogP contribution in [0.2, 0.25) is 0 Å². The maximum Gasteiger partial charge on any atom is 0.251 e. The van der Waals surface area contributed by atoms with Crippen molar-refractivity contribution in [1.29, 1.82) is 0 Å². The number of hydrogen-bond donors (Lipinski definition) is 1. The number of ether oxygens (including phenoxy) is 1. The third kappa shape index (κ3) is 3.58. The molecule has 0 saturated carbocycles. The van der Waals surface area contributed by atoms with Crippen molar-refractivity contribution in [2.24, 2.45) is 0 Å². The van der Waals surface area contributed by atoms with Gasteiger partial charge < -0.3 is 10.1 Å². The van der Waals surface area contributed by atoms with E-state index in [0.717, 1.165) is 5.56 Å². The summed E-state index contributed by atoms with van der Waals surface area (Å²) in [7, 11) is -1.41. The summed E-state index contributed by atoms with van der Waals surface area (Å²) in [6.07, 6.45) is 0.461. The Balaban J connectivity index is 2.05. The molecular weight excluding hydrogens is 278 g/mol. The molecule has 1 aliphatic heterocycles. The molecule has 2 rings (SSSR count). The third-order valence-corrected chi connectivity index (χ3v) is 5.35. The summed E-state index contributed by atoms with van der Waals surface area (Å²) >= 11 is 0. The molecule has 1 aromatic rings. The minimum Gasteiger partial charge on any atom is -0.380 e. The van der Waals surface area contributed by atoms with Crippen LogP contribution in [0.3, 0.4) is 0 Å². The second-order valence-electron chi connectivity index (χ2n) is 5.49. The number of carbonyl (C=O) groups excluding carboxylic acids is 1. The van der Waals surface area contributed by atoms with Gasteiger partial charge in [0.2, 0.25) is 0 Å². The minimum atomic E-state index is -3.03. The van der Waals surface area contributed by atoms with Crippen LogP contribution in [0.25, 0.3) is 0 Å². The zero-order valence-corrected chi connectivity index (χ0v) is 12.5. The molecule has 1 aromatic carbocycles. The Morgan fingerprint density at radius 2 is 2.00 bits per heavy atom. The number of benzene rings is 1. The van der Waals surface area contributed by atoms with Gasteiger partial charge in [0.05, 0.1) is 23.7 Å². The summed E-state index contributed by atoms with van der Waals surface area (Å²) in [5, 5.41) is 2.83. The Bertz CT molecular complexity index is 594. The Morgan fingerprint density at radius 3 is 2.50 bits per heavy atom. The van der Waals surface area contributed by atoms with E-state index in [9.17, 15) is 13.2 Å². The normalized spacial score (nSPS) is 24.5. The Kier molecular flexibility index (Phi) is 4.15. The highest BCUT2D eigenvalue weighted by Gasteiger charge is 2.39. The molecule has 1 N–H and O–H groups in total.